The van der Waals surface area contributed by atoms with Gasteiger partial charge in [-0.05, 0) is 25.0 Å². The Hall–Kier alpha value is -1.42. The van der Waals surface area contributed by atoms with Crippen LogP contribution in [0, 0.1) is 0 Å². The van der Waals surface area contributed by atoms with E-state index in [1.165, 1.54) is 38.5 Å². The van der Waals surface area contributed by atoms with Gasteiger partial charge in [-0.3, -0.25) is 9.78 Å². The summed E-state index contributed by atoms with van der Waals surface area (Å²) in [6, 6.07) is 4.19. The molecule has 0 aromatic carbocycles. The second-order valence-electron chi connectivity index (χ2n) is 5.14. The summed E-state index contributed by atoms with van der Waals surface area (Å²) in [5, 5.41) is 6.45. The van der Waals surface area contributed by atoms with Crippen LogP contribution in [-0.4, -0.2) is 30.0 Å². The summed E-state index contributed by atoms with van der Waals surface area (Å²) in [4.78, 5) is 15.7. The van der Waals surface area contributed by atoms with Gasteiger partial charge in [-0.1, -0.05) is 25.7 Å². The van der Waals surface area contributed by atoms with Crippen molar-refractivity contribution < 1.29 is 4.79 Å². The molecule has 2 N–H and O–H groups in total. The van der Waals surface area contributed by atoms with E-state index in [0.717, 1.165) is 6.54 Å². The minimum absolute atomic E-state index is 0.0456. The van der Waals surface area contributed by atoms with Gasteiger partial charge in [-0.2, -0.15) is 0 Å². The number of carbonyl (C=O) groups is 1. The Bertz CT molecular complexity index is 372. The molecule has 1 aliphatic carbocycles. The lowest BCUT2D eigenvalue weighted by Gasteiger charge is -2.16. The Morgan fingerprint density at radius 2 is 2.00 bits per heavy atom. The summed E-state index contributed by atoms with van der Waals surface area (Å²) in [5.41, 5.74) is 0.622. The second kappa shape index (κ2) is 7.89. The first-order chi connectivity index (χ1) is 9.36. The largest absolute Gasteiger partial charge is 0.351 e. The van der Waals surface area contributed by atoms with Crippen LogP contribution in [0.15, 0.2) is 24.5 Å². The molecule has 1 aliphatic rings. The molecular formula is C15H23N3O. The average Bonchev–Trinajstić information content (AvgIpc) is 2.73. The summed E-state index contributed by atoms with van der Waals surface area (Å²) in [6.07, 6.45) is 11.2. The van der Waals surface area contributed by atoms with Crippen LogP contribution in [0.5, 0.6) is 0 Å². The van der Waals surface area contributed by atoms with Crippen molar-refractivity contribution in [1.82, 2.24) is 15.6 Å². The van der Waals surface area contributed by atoms with Gasteiger partial charge in [0.2, 0.25) is 0 Å². The quantitative estimate of drug-likeness (QED) is 0.630. The normalized spacial score (nSPS) is 16.8. The summed E-state index contributed by atoms with van der Waals surface area (Å²) in [6.45, 7) is 1.51. The first-order valence-electron chi connectivity index (χ1n) is 7.28. The van der Waals surface area contributed by atoms with E-state index in [0.29, 0.717) is 18.2 Å². The zero-order chi connectivity index (χ0) is 13.3. The number of carbonyl (C=O) groups excluding carboxylic acids is 1. The predicted octanol–water partition coefficient (Wildman–Crippen LogP) is 2.12. The van der Waals surface area contributed by atoms with Crippen molar-refractivity contribution in [3.63, 3.8) is 0 Å². The maximum absolute atomic E-state index is 11.8. The van der Waals surface area contributed by atoms with Crippen LogP contribution in [0.1, 0.15) is 48.9 Å². The zero-order valence-corrected chi connectivity index (χ0v) is 11.4. The minimum Gasteiger partial charge on any atom is -0.351 e. The van der Waals surface area contributed by atoms with Gasteiger partial charge in [0.25, 0.3) is 5.91 Å². The van der Waals surface area contributed by atoms with Gasteiger partial charge < -0.3 is 10.6 Å². The number of amides is 1. The number of hydrogen-bond acceptors (Lipinski definition) is 3. The third-order valence-corrected chi connectivity index (χ3v) is 3.62. The topological polar surface area (TPSA) is 54.0 Å². The van der Waals surface area contributed by atoms with Crippen molar-refractivity contribution in [2.24, 2.45) is 0 Å². The van der Waals surface area contributed by atoms with Crippen molar-refractivity contribution in [2.45, 2.75) is 44.6 Å². The maximum Gasteiger partial charge on any atom is 0.252 e. The Morgan fingerprint density at radius 1 is 1.21 bits per heavy atom. The Kier molecular flexibility index (Phi) is 5.82. The van der Waals surface area contributed by atoms with Crippen LogP contribution in [0.4, 0.5) is 0 Å². The van der Waals surface area contributed by atoms with Gasteiger partial charge in [0.05, 0.1) is 5.56 Å². The lowest BCUT2D eigenvalue weighted by atomic mass is 10.1. The van der Waals surface area contributed by atoms with Gasteiger partial charge >= 0.3 is 0 Å². The van der Waals surface area contributed by atoms with E-state index in [1.54, 1.807) is 24.5 Å². The average molecular weight is 261 g/mol. The van der Waals surface area contributed by atoms with Gasteiger partial charge in [0.15, 0.2) is 0 Å². The Labute approximate surface area is 115 Å². The SMILES string of the molecule is O=C(NCCNC1CCCCCC1)c1cccnc1. The lowest BCUT2D eigenvalue weighted by Crippen LogP contribution is -2.36. The molecule has 0 spiro atoms. The molecule has 1 aromatic heterocycles. The number of aromatic nitrogens is 1. The highest BCUT2D eigenvalue weighted by molar-refractivity contribution is 5.93. The molecule has 2 rings (SSSR count). The molecular weight excluding hydrogens is 238 g/mol. The van der Waals surface area contributed by atoms with E-state index >= 15 is 0 Å². The molecule has 0 atom stereocenters. The summed E-state index contributed by atoms with van der Waals surface area (Å²) < 4.78 is 0. The van der Waals surface area contributed by atoms with E-state index < -0.39 is 0 Å². The fraction of sp³-hybridized carbons (Fsp3) is 0.600. The predicted molar refractivity (Wildman–Crippen MR) is 76.1 cm³/mol. The molecule has 4 nitrogen and oxygen atoms in total. The van der Waals surface area contributed by atoms with E-state index in [1.807, 2.05) is 0 Å². The van der Waals surface area contributed by atoms with Gasteiger partial charge in [0, 0.05) is 31.5 Å². The highest BCUT2D eigenvalue weighted by Gasteiger charge is 2.11. The smallest absolute Gasteiger partial charge is 0.252 e. The van der Waals surface area contributed by atoms with Gasteiger partial charge in [-0.15, -0.1) is 0 Å². The summed E-state index contributed by atoms with van der Waals surface area (Å²) in [5.74, 6) is -0.0456. The Balaban J connectivity index is 1.62. The summed E-state index contributed by atoms with van der Waals surface area (Å²) >= 11 is 0. The zero-order valence-electron chi connectivity index (χ0n) is 11.4. The highest BCUT2D eigenvalue weighted by Crippen LogP contribution is 2.16. The van der Waals surface area contributed by atoms with Crippen LogP contribution in [-0.2, 0) is 0 Å². The summed E-state index contributed by atoms with van der Waals surface area (Å²) in [7, 11) is 0. The van der Waals surface area contributed by atoms with Crippen molar-refractivity contribution >= 4 is 5.91 Å². The van der Waals surface area contributed by atoms with Crippen LogP contribution < -0.4 is 10.6 Å². The number of hydrogen-bond donors (Lipinski definition) is 2. The molecule has 1 fully saturated rings. The number of nitrogens with zero attached hydrogens (tertiary/aromatic N) is 1. The van der Waals surface area contributed by atoms with Gasteiger partial charge in [0.1, 0.15) is 0 Å². The van der Waals surface area contributed by atoms with E-state index in [4.69, 9.17) is 0 Å². The standard InChI is InChI=1S/C15H23N3O/c19-15(13-6-5-9-16-12-13)18-11-10-17-14-7-3-1-2-4-8-14/h5-6,9,12,14,17H,1-4,7-8,10-11H2,(H,18,19). The molecule has 0 bridgehead atoms. The van der Waals surface area contributed by atoms with Crippen molar-refractivity contribution in [1.29, 1.82) is 0 Å². The molecule has 0 aliphatic heterocycles. The minimum atomic E-state index is -0.0456. The third-order valence-electron chi connectivity index (χ3n) is 3.62. The molecule has 1 heterocycles. The second-order valence-corrected chi connectivity index (χ2v) is 5.14. The molecule has 1 aromatic rings. The first-order valence-corrected chi connectivity index (χ1v) is 7.28. The number of nitrogens with one attached hydrogen (secondary N) is 2. The molecule has 0 saturated heterocycles. The van der Waals surface area contributed by atoms with E-state index in [9.17, 15) is 4.79 Å². The van der Waals surface area contributed by atoms with Crippen molar-refractivity contribution in [3.05, 3.63) is 30.1 Å². The van der Waals surface area contributed by atoms with Crippen LogP contribution in [0.2, 0.25) is 0 Å². The lowest BCUT2D eigenvalue weighted by molar-refractivity contribution is 0.0953. The molecule has 1 saturated carbocycles. The molecule has 19 heavy (non-hydrogen) atoms. The third kappa shape index (κ3) is 4.99. The first kappa shape index (κ1) is 14.0. The molecule has 104 valence electrons. The number of pyridine rings is 1. The monoisotopic (exact) mass is 261 g/mol. The van der Waals surface area contributed by atoms with Gasteiger partial charge in [-0.25, -0.2) is 0 Å². The van der Waals surface area contributed by atoms with Crippen molar-refractivity contribution in [2.75, 3.05) is 13.1 Å². The highest BCUT2D eigenvalue weighted by atomic mass is 16.1. The van der Waals surface area contributed by atoms with Crippen molar-refractivity contribution in [3.8, 4) is 0 Å². The number of rotatable bonds is 5. The van der Waals surface area contributed by atoms with Crippen LogP contribution in [0.25, 0.3) is 0 Å². The fourth-order valence-electron chi connectivity index (χ4n) is 2.53. The molecule has 0 radical (unpaired) electrons. The van der Waals surface area contributed by atoms with E-state index in [2.05, 4.69) is 15.6 Å². The van der Waals surface area contributed by atoms with Crippen LogP contribution >= 0.6 is 0 Å². The van der Waals surface area contributed by atoms with Crippen LogP contribution in [0.3, 0.4) is 0 Å². The molecule has 4 heteroatoms. The maximum atomic E-state index is 11.8. The Morgan fingerprint density at radius 3 is 2.68 bits per heavy atom. The van der Waals surface area contributed by atoms with E-state index in [-0.39, 0.29) is 5.91 Å². The fourth-order valence-corrected chi connectivity index (χ4v) is 2.53. The molecule has 1 amide bonds. The molecule has 0 unspecified atom stereocenters.